The molecule has 0 radical (unpaired) electrons. The maximum Gasteiger partial charge on any atom is 0.271 e. The maximum atomic E-state index is 13.9. The third-order valence-corrected chi connectivity index (χ3v) is 8.19. The van der Waals surface area contributed by atoms with Gasteiger partial charge in [0.1, 0.15) is 5.75 Å². The van der Waals surface area contributed by atoms with E-state index < -0.39 is 0 Å². The van der Waals surface area contributed by atoms with Crippen molar-refractivity contribution < 1.29 is 4.74 Å². The van der Waals surface area contributed by atoms with Gasteiger partial charge in [-0.25, -0.2) is 4.99 Å². The summed E-state index contributed by atoms with van der Waals surface area (Å²) in [4.78, 5) is 19.7. The minimum absolute atomic E-state index is 0.0120. The number of benzene rings is 3. The molecule has 6 rings (SSSR count). The van der Waals surface area contributed by atoms with Crippen LogP contribution in [0.3, 0.4) is 0 Å². The lowest BCUT2D eigenvalue weighted by molar-refractivity contribution is 0.414. The van der Waals surface area contributed by atoms with Gasteiger partial charge in [0.25, 0.3) is 5.56 Å². The Morgan fingerprint density at radius 2 is 1.75 bits per heavy atom. The number of hydrogen-bond acceptors (Lipinski definition) is 4. The summed E-state index contributed by atoms with van der Waals surface area (Å²) in [5.74, 6) is 1.28. The van der Waals surface area contributed by atoms with Crippen LogP contribution in [-0.4, -0.2) is 11.7 Å². The Bertz CT molecular complexity index is 1660. The Morgan fingerprint density at radius 1 is 1.00 bits per heavy atom. The molecule has 2 heterocycles. The van der Waals surface area contributed by atoms with Crippen molar-refractivity contribution in [3.63, 3.8) is 0 Å². The van der Waals surface area contributed by atoms with Crippen molar-refractivity contribution in [3.05, 3.63) is 126 Å². The molecule has 0 unspecified atom stereocenters. The van der Waals surface area contributed by atoms with Crippen molar-refractivity contribution in [3.8, 4) is 5.75 Å². The fraction of sp³-hybridized carbons (Fsp3) is 0.226. The smallest absolute Gasteiger partial charge is 0.271 e. The van der Waals surface area contributed by atoms with Crippen molar-refractivity contribution in [1.82, 2.24) is 4.57 Å². The van der Waals surface area contributed by atoms with Gasteiger partial charge in [-0.15, -0.1) is 0 Å². The lowest BCUT2D eigenvalue weighted by Crippen LogP contribution is -2.38. The van der Waals surface area contributed by atoms with Crippen LogP contribution in [0, 0.1) is 0 Å². The van der Waals surface area contributed by atoms with Gasteiger partial charge in [-0.2, -0.15) is 0 Å². The van der Waals surface area contributed by atoms with Crippen molar-refractivity contribution in [2.45, 2.75) is 38.6 Å². The first-order valence-corrected chi connectivity index (χ1v) is 13.2. The van der Waals surface area contributed by atoms with Crippen LogP contribution in [0.15, 0.2) is 88.2 Å². The zero-order chi connectivity index (χ0) is 24.8. The molecular formula is C31H28N2O2S. The maximum absolute atomic E-state index is 13.9. The first-order valence-electron chi connectivity index (χ1n) is 12.4. The minimum atomic E-state index is -0.180. The zero-order valence-corrected chi connectivity index (χ0v) is 21.5. The Labute approximate surface area is 214 Å². The second-order valence-corrected chi connectivity index (χ2v) is 10.7. The van der Waals surface area contributed by atoms with E-state index in [-0.39, 0.29) is 11.6 Å². The number of fused-ring (bicyclic) bond motifs is 3. The summed E-state index contributed by atoms with van der Waals surface area (Å²) >= 11 is 1.47. The van der Waals surface area contributed by atoms with Gasteiger partial charge in [0.2, 0.25) is 0 Å². The highest BCUT2D eigenvalue weighted by atomic mass is 32.1. The standard InChI is InChI=1S/C31H28N2O2S/c1-19(2)21-10-8-20(9-11-21)18-27-30(34)33-29(23-12-15-24(35-3)16-13-23)26-17-14-22-6-4-5-7-25(22)28(26)32-31(33)36-27/h4-13,15-16,18-19,29H,14,17H2,1-3H3/t29-/m1/s1. The van der Waals surface area contributed by atoms with E-state index in [0.717, 1.165) is 40.2 Å². The fourth-order valence-electron chi connectivity index (χ4n) is 5.24. The van der Waals surface area contributed by atoms with Crippen molar-refractivity contribution in [2.75, 3.05) is 7.11 Å². The molecule has 0 spiro atoms. The molecule has 0 amide bonds. The molecule has 0 bridgehead atoms. The summed E-state index contributed by atoms with van der Waals surface area (Å²) in [6.45, 7) is 4.37. The number of thiazole rings is 1. The number of rotatable bonds is 4. The predicted molar refractivity (Wildman–Crippen MR) is 146 cm³/mol. The molecule has 2 aliphatic rings. The molecule has 5 heteroatoms. The van der Waals surface area contributed by atoms with E-state index in [9.17, 15) is 4.79 Å². The molecule has 1 aliphatic carbocycles. The molecule has 4 nitrogen and oxygen atoms in total. The third-order valence-electron chi connectivity index (χ3n) is 7.21. The molecule has 0 N–H and O–H groups in total. The van der Waals surface area contributed by atoms with Gasteiger partial charge in [0.05, 0.1) is 23.4 Å². The number of hydrogen-bond donors (Lipinski definition) is 0. The number of aromatic nitrogens is 1. The number of aryl methyl sites for hydroxylation is 1. The molecular weight excluding hydrogens is 464 g/mol. The fourth-order valence-corrected chi connectivity index (χ4v) is 6.24. The molecule has 4 aromatic rings. The third kappa shape index (κ3) is 3.84. The average molecular weight is 493 g/mol. The van der Waals surface area contributed by atoms with Crippen LogP contribution in [0.25, 0.3) is 11.8 Å². The molecule has 1 aromatic heterocycles. The van der Waals surface area contributed by atoms with Crippen molar-refractivity contribution in [2.24, 2.45) is 4.99 Å². The van der Waals surface area contributed by atoms with E-state index in [4.69, 9.17) is 9.73 Å². The zero-order valence-electron chi connectivity index (χ0n) is 20.7. The Hall–Kier alpha value is -3.70. The molecule has 1 atom stereocenters. The lowest BCUT2D eigenvalue weighted by atomic mass is 9.83. The Kier molecular flexibility index (Phi) is 5.73. The van der Waals surface area contributed by atoms with E-state index in [1.165, 1.54) is 33.6 Å². The van der Waals surface area contributed by atoms with Crippen LogP contribution in [0.4, 0.5) is 0 Å². The summed E-state index contributed by atoms with van der Waals surface area (Å²) in [6, 6.07) is 24.9. The highest BCUT2D eigenvalue weighted by molar-refractivity contribution is 7.07. The summed E-state index contributed by atoms with van der Waals surface area (Å²) in [7, 11) is 1.67. The summed E-state index contributed by atoms with van der Waals surface area (Å²) < 4.78 is 8.00. The number of allylic oxidation sites excluding steroid dienone is 1. The first kappa shape index (κ1) is 22.7. The van der Waals surface area contributed by atoms with Crippen LogP contribution in [0.2, 0.25) is 0 Å². The average Bonchev–Trinajstić information content (AvgIpc) is 3.22. The molecule has 0 saturated heterocycles. The number of methoxy groups -OCH3 is 1. The van der Waals surface area contributed by atoms with Crippen molar-refractivity contribution in [1.29, 1.82) is 0 Å². The van der Waals surface area contributed by atoms with Gasteiger partial charge in [0, 0.05) is 5.56 Å². The monoisotopic (exact) mass is 492 g/mol. The second kappa shape index (κ2) is 9.07. The highest BCUT2D eigenvalue weighted by Crippen LogP contribution is 2.41. The highest BCUT2D eigenvalue weighted by Gasteiger charge is 2.32. The van der Waals surface area contributed by atoms with Crippen LogP contribution >= 0.6 is 11.3 Å². The number of nitrogens with zero attached hydrogens (tertiary/aromatic N) is 2. The summed E-state index contributed by atoms with van der Waals surface area (Å²) in [6.07, 6.45) is 3.83. The van der Waals surface area contributed by atoms with Gasteiger partial charge in [0.15, 0.2) is 4.80 Å². The molecule has 180 valence electrons. The van der Waals surface area contributed by atoms with E-state index in [1.54, 1.807) is 7.11 Å². The number of ether oxygens (including phenoxy) is 1. The normalized spacial score (nSPS) is 16.9. The molecule has 3 aromatic carbocycles. The van der Waals surface area contributed by atoms with Crippen LogP contribution in [0.5, 0.6) is 5.75 Å². The summed E-state index contributed by atoms with van der Waals surface area (Å²) in [5.41, 5.74) is 8.13. The molecule has 36 heavy (non-hydrogen) atoms. The van der Waals surface area contributed by atoms with Crippen LogP contribution in [-0.2, 0) is 6.42 Å². The van der Waals surface area contributed by atoms with E-state index >= 15 is 0 Å². The quantitative estimate of drug-likeness (QED) is 0.380. The van der Waals surface area contributed by atoms with Gasteiger partial charge >= 0.3 is 0 Å². The van der Waals surface area contributed by atoms with Gasteiger partial charge in [-0.1, -0.05) is 85.8 Å². The Balaban J connectivity index is 1.56. The van der Waals surface area contributed by atoms with Crippen molar-refractivity contribution >= 4 is 23.1 Å². The van der Waals surface area contributed by atoms with Gasteiger partial charge in [-0.3, -0.25) is 9.36 Å². The first-order chi connectivity index (χ1) is 17.5. The SMILES string of the molecule is COc1ccc([C@@H]2C3=C(N=c4sc(=Cc5ccc(C(C)C)cc5)c(=O)n42)c2ccccc2CC3)cc1. The molecule has 0 saturated carbocycles. The van der Waals surface area contributed by atoms with E-state index in [1.807, 2.05) is 22.8 Å². The summed E-state index contributed by atoms with van der Waals surface area (Å²) in [5, 5.41) is 0. The lowest BCUT2D eigenvalue weighted by Gasteiger charge is -2.30. The Morgan fingerprint density at radius 3 is 2.47 bits per heavy atom. The minimum Gasteiger partial charge on any atom is -0.497 e. The predicted octanol–water partition coefficient (Wildman–Crippen LogP) is 5.45. The van der Waals surface area contributed by atoms with E-state index in [0.29, 0.717) is 10.5 Å². The van der Waals surface area contributed by atoms with Gasteiger partial charge in [-0.05, 0) is 64.8 Å². The van der Waals surface area contributed by atoms with Crippen LogP contribution in [0.1, 0.15) is 60.0 Å². The van der Waals surface area contributed by atoms with E-state index in [2.05, 4.69) is 74.5 Å². The molecule has 1 aliphatic heterocycles. The second-order valence-electron chi connectivity index (χ2n) is 9.71. The topological polar surface area (TPSA) is 43.6 Å². The largest absolute Gasteiger partial charge is 0.497 e. The molecule has 0 fully saturated rings. The van der Waals surface area contributed by atoms with Gasteiger partial charge < -0.3 is 4.74 Å². The van der Waals surface area contributed by atoms with Crippen LogP contribution < -0.4 is 19.6 Å².